The molecule has 0 aliphatic carbocycles. The number of nitrogens with one attached hydrogen (secondary N) is 1. The van der Waals surface area contributed by atoms with Crippen molar-refractivity contribution in [2.45, 2.75) is 57.7 Å². The van der Waals surface area contributed by atoms with Gasteiger partial charge in [0.2, 0.25) is 5.95 Å². The topological polar surface area (TPSA) is 143 Å². The first-order valence-corrected chi connectivity index (χ1v) is 12.0. The summed E-state index contributed by atoms with van der Waals surface area (Å²) in [7, 11) is 1.65. The van der Waals surface area contributed by atoms with Crippen LogP contribution in [0.3, 0.4) is 0 Å². The van der Waals surface area contributed by atoms with E-state index in [1.165, 1.54) is 17.8 Å². The summed E-state index contributed by atoms with van der Waals surface area (Å²) in [6.07, 6.45) is -2.26. The summed E-state index contributed by atoms with van der Waals surface area (Å²) in [6, 6.07) is 8.97. The average Bonchev–Trinajstić information content (AvgIpc) is 3.35. The molecule has 3 N–H and O–H groups in total. The number of carbonyl (C=O) groups excluding carboxylic acids is 2. The number of carbonyl (C=O) groups is 2. The van der Waals surface area contributed by atoms with Crippen molar-refractivity contribution in [2.24, 2.45) is 5.92 Å². The van der Waals surface area contributed by atoms with Gasteiger partial charge in [-0.05, 0) is 18.4 Å². The summed E-state index contributed by atoms with van der Waals surface area (Å²) in [5.41, 5.74) is 4.92. The van der Waals surface area contributed by atoms with E-state index in [4.69, 9.17) is 19.9 Å². The maximum atomic E-state index is 16.5. The normalized spacial score (nSPS) is 23.4. The number of nitrogens with zero attached hydrogens (tertiary/aromatic N) is 4. The van der Waals surface area contributed by atoms with E-state index in [0.717, 1.165) is 5.56 Å². The van der Waals surface area contributed by atoms with Crippen molar-refractivity contribution in [1.29, 1.82) is 0 Å². The van der Waals surface area contributed by atoms with Gasteiger partial charge in [0.25, 0.3) is 0 Å². The van der Waals surface area contributed by atoms with E-state index in [2.05, 4.69) is 20.3 Å². The van der Waals surface area contributed by atoms with Crippen molar-refractivity contribution >= 4 is 34.9 Å². The lowest BCUT2D eigenvalue weighted by atomic mass is 9.98. The van der Waals surface area contributed by atoms with Crippen LogP contribution in [0.25, 0.3) is 11.2 Å². The highest BCUT2D eigenvalue weighted by molar-refractivity contribution is 5.84. The van der Waals surface area contributed by atoms with Crippen LogP contribution >= 0.6 is 0 Å². The number of anilines is 2. The zero-order valence-electron chi connectivity index (χ0n) is 21.2. The molecule has 0 amide bonds. The third kappa shape index (κ3) is 5.63. The number of rotatable bonds is 9. The van der Waals surface area contributed by atoms with Crippen LogP contribution in [0.1, 0.15) is 39.0 Å². The fourth-order valence-electron chi connectivity index (χ4n) is 4.32. The highest BCUT2D eigenvalue weighted by Gasteiger charge is 2.58. The highest BCUT2D eigenvalue weighted by atomic mass is 19.1. The number of hydrogen-bond donors (Lipinski definition) is 2. The number of hydrogen-bond acceptors (Lipinski definition) is 10. The van der Waals surface area contributed by atoms with E-state index in [1.807, 2.05) is 19.9 Å². The summed E-state index contributed by atoms with van der Waals surface area (Å²) >= 11 is 0. The predicted octanol–water partition coefficient (Wildman–Crippen LogP) is 2.82. The molecule has 198 valence electrons. The van der Waals surface area contributed by atoms with E-state index < -0.39 is 36.0 Å². The molecular weight excluding hydrogens is 483 g/mol. The van der Waals surface area contributed by atoms with Gasteiger partial charge >= 0.3 is 11.9 Å². The van der Waals surface area contributed by atoms with Gasteiger partial charge in [0.05, 0.1) is 12.7 Å². The molecule has 0 spiro atoms. The van der Waals surface area contributed by atoms with E-state index in [-0.39, 0.29) is 37.0 Å². The zero-order chi connectivity index (χ0) is 26.7. The largest absolute Gasteiger partial charge is 0.463 e. The number of halogens is 1. The number of imidazole rings is 1. The minimum Gasteiger partial charge on any atom is -0.463 e. The second kappa shape index (κ2) is 10.7. The van der Waals surface area contributed by atoms with Crippen molar-refractivity contribution in [2.75, 3.05) is 24.7 Å². The van der Waals surface area contributed by atoms with Crippen LogP contribution in [0.4, 0.5) is 16.2 Å². The van der Waals surface area contributed by atoms with E-state index in [9.17, 15) is 9.59 Å². The molecule has 0 bridgehead atoms. The minimum absolute atomic E-state index is 0.0397. The molecule has 0 saturated carbocycles. The van der Waals surface area contributed by atoms with E-state index in [1.54, 1.807) is 31.3 Å². The number of aromatic nitrogens is 4. The number of nitrogens with two attached hydrogens (primary N) is 1. The molecule has 0 unspecified atom stereocenters. The minimum atomic E-state index is -2.24. The molecule has 2 aromatic heterocycles. The second-order valence-electron chi connectivity index (χ2n) is 9.54. The molecule has 4 atom stereocenters. The highest BCUT2D eigenvalue weighted by Crippen LogP contribution is 2.44. The van der Waals surface area contributed by atoms with Crippen LogP contribution in [0.15, 0.2) is 36.7 Å². The van der Waals surface area contributed by atoms with Crippen LogP contribution in [0, 0.1) is 5.92 Å². The van der Waals surface area contributed by atoms with Crippen LogP contribution in [-0.4, -0.2) is 63.0 Å². The number of alkyl halides is 1. The van der Waals surface area contributed by atoms with Gasteiger partial charge in [-0.25, -0.2) is 9.37 Å². The van der Waals surface area contributed by atoms with Crippen LogP contribution in [-0.2, 0) is 30.2 Å². The van der Waals surface area contributed by atoms with Crippen molar-refractivity contribution in [3.05, 3.63) is 42.2 Å². The Balaban J connectivity index is 1.63. The summed E-state index contributed by atoms with van der Waals surface area (Å²) in [4.78, 5) is 37.6. The molecule has 0 radical (unpaired) electrons. The molecule has 3 aromatic rings. The molecule has 1 aromatic carbocycles. The third-order valence-electron chi connectivity index (χ3n) is 6.04. The molecule has 12 heteroatoms. The maximum Gasteiger partial charge on any atom is 0.310 e. The van der Waals surface area contributed by atoms with Crippen molar-refractivity contribution in [3.8, 4) is 0 Å². The van der Waals surface area contributed by atoms with Gasteiger partial charge < -0.3 is 25.3 Å². The van der Waals surface area contributed by atoms with Gasteiger partial charge in [-0.15, -0.1) is 0 Å². The summed E-state index contributed by atoms with van der Waals surface area (Å²) in [6.45, 7) is 4.74. The zero-order valence-corrected chi connectivity index (χ0v) is 21.2. The number of fused-ring (bicyclic) bond motifs is 1. The first kappa shape index (κ1) is 26.3. The molecule has 1 aliphatic rings. The summed E-state index contributed by atoms with van der Waals surface area (Å²) in [5, 5.41) is 2.88. The molecule has 1 aliphatic heterocycles. The lowest BCUT2D eigenvalue weighted by Gasteiger charge is -2.27. The maximum absolute atomic E-state index is 16.5. The molecule has 3 heterocycles. The van der Waals surface area contributed by atoms with Crippen LogP contribution in [0.5, 0.6) is 0 Å². The standard InChI is InChI=1S/C25H31FN6O5/c1-14(2)10-17(33)35-12-16-20(37-18(34)11-15-8-6-5-7-9-15)25(3,26)23(36-16)32-13-29-19-21(28-4)30-24(27)31-22(19)32/h5-9,13-14,16,20,23H,10-12H2,1-4H3,(H3,27,28,30,31)/t16-,20-,23-,25-/m1/s1. The Morgan fingerprint density at radius 2 is 1.97 bits per heavy atom. The first-order valence-electron chi connectivity index (χ1n) is 12.0. The van der Waals surface area contributed by atoms with Gasteiger partial charge in [-0.3, -0.25) is 14.2 Å². The summed E-state index contributed by atoms with van der Waals surface area (Å²) < 4.78 is 34.9. The van der Waals surface area contributed by atoms with Crippen molar-refractivity contribution in [1.82, 2.24) is 19.5 Å². The first-order chi connectivity index (χ1) is 17.6. The Labute approximate surface area is 213 Å². The fraction of sp³-hybridized carbons (Fsp3) is 0.480. The monoisotopic (exact) mass is 514 g/mol. The molecular formula is C25H31FN6O5. The average molecular weight is 515 g/mol. The van der Waals surface area contributed by atoms with Gasteiger partial charge in [-0.2, -0.15) is 9.97 Å². The molecule has 4 rings (SSSR count). The Hall–Kier alpha value is -3.80. The fourth-order valence-corrected chi connectivity index (χ4v) is 4.32. The molecule has 37 heavy (non-hydrogen) atoms. The Bertz CT molecular complexity index is 1270. The Morgan fingerprint density at radius 1 is 1.24 bits per heavy atom. The van der Waals surface area contributed by atoms with Crippen molar-refractivity contribution in [3.63, 3.8) is 0 Å². The second-order valence-corrected chi connectivity index (χ2v) is 9.54. The number of esters is 2. The predicted molar refractivity (Wildman–Crippen MR) is 133 cm³/mol. The lowest BCUT2D eigenvalue weighted by molar-refractivity contribution is -0.160. The van der Waals surface area contributed by atoms with Gasteiger partial charge in [0, 0.05) is 13.5 Å². The number of ether oxygens (including phenoxy) is 3. The van der Waals surface area contributed by atoms with Gasteiger partial charge in [-0.1, -0.05) is 44.2 Å². The van der Waals surface area contributed by atoms with Crippen LogP contribution in [0.2, 0.25) is 0 Å². The van der Waals surface area contributed by atoms with Crippen LogP contribution < -0.4 is 11.1 Å². The quantitative estimate of drug-likeness (QED) is 0.409. The SMILES string of the molecule is CNc1nc(N)nc2c1ncn2[C@@H]1O[C@H](COC(=O)CC(C)C)[C@@H](OC(=O)Cc2ccccc2)[C@@]1(C)F. The smallest absolute Gasteiger partial charge is 0.310 e. The molecule has 11 nitrogen and oxygen atoms in total. The Kier molecular flexibility index (Phi) is 7.58. The van der Waals surface area contributed by atoms with E-state index >= 15 is 4.39 Å². The van der Waals surface area contributed by atoms with Crippen molar-refractivity contribution < 1.29 is 28.2 Å². The molecule has 1 fully saturated rings. The summed E-state index contributed by atoms with van der Waals surface area (Å²) in [5.74, 6) is -0.682. The molecule has 1 saturated heterocycles. The van der Waals surface area contributed by atoms with Gasteiger partial charge in [0.15, 0.2) is 35.0 Å². The Morgan fingerprint density at radius 3 is 2.65 bits per heavy atom. The third-order valence-corrected chi connectivity index (χ3v) is 6.04. The van der Waals surface area contributed by atoms with E-state index in [0.29, 0.717) is 11.3 Å². The lowest BCUT2D eigenvalue weighted by Crippen LogP contribution is -2.44. The number of nitrogen functional groups attached to an aromatic ring is 1. The number of benzene rings is 1. The van der Waals surface area contributed by atoms with Gasteiger partial charge in [0.1, 0.15) is 12.7 Å².